The molecule has 1 aromatic carbocycles. The van der Waals surface area contributed by atoms with Crippen molar-refractivity contribution in [3.05, 3.63) is 24.0 Å². The first-order valence-corrected chi connectivity index (χ1v) is 5.38. The van der Waals surface area contributed by atoms with Crippen molar-refractivity contribution in [2.45, 2.75) is 6.42 Å². The Morgan fingerprint density at radius 3 is 3.00 bits per heavy atom. The summed E-state index contributed by atoms with van der Waals surface area (Å²) in [5.41, 5.74) is 0.536. The number of carbonyl (C=O) groups excluding carboxylic acids is 1. The minimum Gasteiger partial charge on any atom is -0.494 e. The molecule has 0 aliphatic rings. The molecule has 1 rings (SSSR count). The second-order valence-electron chi connectivity index (χ2n) is 3.46. The van der Waals surface area contributed by atoms with Gasteiger partial charge >= 0.3 is 0 Å². The molecule has 0 atom stereocenters. The highest BCUT2D eigenvalue weighted by Gasteiger charge is 2.06. The van der Waals surface area contributed by atoms with Crippen molar-refractivity contribution in [2.75, 3.05) is 25.5 Å². The summed E-state index contributed by atoms with van der Waals surface area (Å²) in [5, 5.41) is 13.7. The topological polar surface area (TPSA) is 74.2 Å². The van der Waals surface area contributed by atoms with E-state index in [2.05, 4.69) is 10.6 Å². The standard InChI is InChI=1S/C12H14FN3O2/c1-18-11-7-9(13)3-4-10(11)16-8-12(17)15-6-2-5-14/h3-4,7,16H,2,6,8H2,1H3,(H,15,17). The van der Waals surface area contributed by atoms with Crippen LogP contribution in [0.4, 0.5) is 10.1 Å². The first-order valence-electron chi connectivity index (χ1n) is 5.38. The number of ether oxygens (including phenoxy) is 1. The number of nitrogens with one attached hydrogen (secondary N) is 2. The number of anilines is 1. The Hall–Kier alpha value is -2.29. The lowest BCUT2D eigenvalue weighted by molar-refractivity contribution is -0.119. The Balaban J connectivity index is 2.48. The van der Waals surface area contributed by atoms with Crippen molar-refractivity contribution in [1.82, 2.24) is 5.32 Å². The zero-order valence-corrected chi connectivity index (χ0v) is 10.00. The summed E-state index contributed by atoms with van der Waals surface area (Å²) < 4.78 is 17.9. The number of carbonyl (C=O) groups is 1. The van der Waals surface area contributed by atoms with Crippen molar-refractivity contribution in [2.24, 2.45) is 0 Å². The summed E-state index contributed by atoms with van der Waals surface area (Å²) in [6.45, 7) is 0.352. The predicted molar refractivity (Wildman–Crippen MR) is 64.7 cm³/mol. The van der Waals surface area contributed by atoms with Crippen LogP contribution in [0.5, 0.6) is 5.75 Å². The third-order valence-corrected chi connectivity index (χ3v) is 2.16. The van der Waals surface area contributed by atoms with Crippen molar-refractivity contribution in [1.29, 1.82) is 5.26 Å². The van der Waals surface area contributed by atoms with Gasteiger partial charge < -0.3 is 15.4 Å². The van der Waals surface area contributed by atoms with E-state index in [1.54, 1.807) is 0 Å². The maximum Gasteiger partial charge on any atom is 0.239 e. The van der Waals surface area contributed by atoms with Gasteiger partial charge in [0, 0.05) is 12.6 Å². The second kappa shape index (κ2) is 7.12. The first-order chi connectivity index (χ1) is 8.67. The average Bonchev–Trinajstić information content (AvgIpc) is 2.37. The molecule has 18 heavy (non-hydrogen) atoms. The number of hydrogen-bond acceptors (Lipinski definition) is 4. The van der Waals surface area contributed by atoms with E-state index in [0.29, 0.717) is 18.0 Å². The van der Waals surface area contributed by atoms with Gasteiger partial charge in [0.15, 0.2) is 0 Å². The van der Waals surface area contributed by atoms with E-state index in [-0.39, 0.29) is 18.9 Å². The van der Waals surface area contributed by atoms with Gasteiger partial charge in [0.1, 0.15) is 11.6 Å². The highest BCUT2D eigenvalue weighted by atomic mass is 19.1. The second-order valence-corrected chi connectivity index (χ2v) is 3.46. The third kappa shape index (κ3) is 4.29. The minimum atomic E-state index is -0.407. The molecular weight excluding hydrogens is 237 g/mol. The fraction of sp³-hybridized carbons (Fsp3) is 0.333. The quantitative estimate of drug-likeness (QED) is 0.747. The number of hydrogen-bond donors (Lipinski definition) is 2. The molecule has 96 valence electrons. The van der Waals surface area contributed by atoms with E-state index in [0.717, 1.165) is 0 Å². The van der Waals surface area contributed by atoms with E-state index in [9.17, 15) is 9.18 Å². The normalized spacial score (nSPS) is 9.39. The van der Waals surface area contributed by atoms with Crippen LogP contribution < -0.4 is 15.4 Å². The molecule has 0 spiro atoms. The van der Waals surface area contributed by atoms with Crippen LogP contribution in [0.25, 0.3) is 0 Å². The number of methoxy groups -OCH3 is 1. The number of halogens is 1. The SMILES string of the molecule is COc1cc(F)ccc1NCC(=O)NCCC#N. The summed E-state index contributed by atoms with van der Waals surface area (Å²) in [6, 6.07) is 5.93. The smallest absolute Gasteiger partial charge is 0.239 e. The highest BCUT2D eigenvalue weighted by Crippen LogP contribution is 2.24. The molecule has 0 aliphatic heterocycles. The summed E-state index contributed by atoms with van der Waals surface area (Å²) in [5.74, 6) is -0.313. The molecule has 2 N–H and O–H groups in total. The maximum absolute atomic E-state index is 12.9. The van der Waals surface area contributed by atoms with Gasteiger partial charge in [-0.25, -0.2) is 4.39 Å². The zero-order valence-electron chi connectivity index (χ0n) is 10.00. The fourth-order valence-electron chi connectivity index (χ4n) is 1.31. The van der Waals surface area contributed by atoms with Gasteiger partial charge in [-0.05, 0) is 12.1 Å². The monoisotopic (exact) mass is 251 g/mol. The Kier molecular flexibility index (Phi) is 5.45. The number of amides is 1. The van der Waals surface area contributed by atoms with Crippen LogP contribution in [0.1, 0.15) is 6.42 Å². The molecule has 0 radical (unpaired) electrons. The van der Waals surface area contributed by atoms with Crippen LogP contribution in [0.3, 0.4) is 0 Å². The molecule has 0 fully saturated rings. The Bertz CT molecular complexity index is 457. The summed E-state index contributed by atoms with van der Waals surface area (Å²) >= 11 is 0. The van der Waals surface area contributed by atoms with Gasteiger partial charge in [-0.1, -0.05) is 0 Å². The van der Waals surface area contributed by atoms with Crippen LogP contribution >= 0.6 is 0 Å². The summed E-state index contributed by atoms with van der Waals surface area (Å²) in [4.78, 5) is 11.4. The summed E-state index contributed by atoms with van der Waals surface area (Å²) in [7, 11) is 1.42. The molecular formula is C12H14FN3O2. The van der Waals surface area contributed by atoms with Crippen LogP contribution in [-0.4, -0.2) is 26.1 Å². The lowest BCUT2D eigenvalue weighted by atomic mass is 10.3. The van der Waals surface area contributed by atoms with E-state index < -0.39 is 5.82 Å². The van der Waals surface area contributed by atoms with Gasteiger partial charge in [-0.15, -0.1) is 0 Å². The fourth-order valence-corrected chi connectivity index (χ4v) is 1.31. The largest absolute Gasteiger partial charge is 0.494 e. The van der Waals surface area contributed by atoms with Gasteiger partial charge in [0.25, 0.3) is 0 Å². The maximum atomic E-state index is 12.9. The first kappa shape index (κ1) is 13.8. The average molecular weight is 251 g/mol. The molecule has 0 unspecified atom stereocenters. The number of rotatable bonds is 6. The van der Waals surface area contributed by atoms with E-state index >= 15 is 0 Å². The van der Waals surface area contributed by atoms with Crippen LogP contribution in [0.2, 0.25) is 0 Å². The van der Waals surface area contributed by atoms with Crippen molar-refractivity contribution in [3.8, 4) is 11.8 Å². The van der Waals surface area contributed by atoms with E-state index in [1.807, 2.05) is 6.07 Å². The molecule has 0 heterocycles. The van der Waals surface area contributed by atoms with Crippen molar-refractivity contribution >= 4 is 11.6 Å². The lowest BCUT2D eigenvalue weighted by Gasteiger charge is -2.10. The number of benzene rings is 1. The van der Waals surface area contributed by atoms with Gasteiger partial charge in [0.05, 0.1) is 31.8 Å². The number of nitrogens with zero attached hydrogens (tertiary/aromatic N) is 1. The summed E-state index contributed by atoms with van der Waals surface area (Å²) in [6.07, 6.45) is 0.269. The molecule has 0 aromatic heterocycles. The lowest BCUT2D eigenvalue weighted by Crippen LogP contribution is -2.30. The Morgan fingerprint density at radius 1 is 1.56 bits per heavy atom. The molecule has 0 saturated carbocycles. The molecule has 0 aliphatic carbocycles. The molecule has 5 nitrogen and oxygen atoms in total. The van der Waals surface area contributed by atoms with Crippen molar-refractivity contribution < 1.29 is 13.9 Å². The Labute approximate surface area is 105 Å². The van der Waals surface area contributed by atoms with E-state index in [1.165, 1.54) is 25.3 Å². The molecule has 0 saturated heterocycles. The molecule has 6 heteroatoms. The molecule has 1 amide bonds. The molecule has 0 bridgehead atoms. The number of nitriles is 1. The van der Waals surface area contributed by atoms with Crippen LogP contribution in [0.15, 0.2) is 18.2 Å². The van der Waals surface area contributed by atoms with Gasteiger partial charge in [-0.3, -0.25) is 4.79 Å². The van der Waals surface area contributed by atoms with E-state index in [4.69, 9.17) is 10.00 Å². The van der Waals surface area contributed by atoms with Crippen LogP contribution in [-0.2, 0) is 4.79 Å². The van der Waals surface area contributed by atoms with Gasteiger partial charge in [0.2, 0.25) is 5.91 Å². The Morgan fingerprint density at radius 2 is 2.33 bits per heavy atom. The predicted octanol–water partition coefficient (Wildman–Crippen LogP) is 1.28. The van der Waals surface area contributed by atoms with Crippen LogP contribution in [0, 0.1) is 17.1 Å². The van der Waals surface area contributed by atoms with Gasteiger partial charge in [-0.2, -0.15) is 5.26 Å². The minimum absolute atomic E-state index is 0.0351. The third-order valence-electron chi connectivity index (χ3n) is 2.16. The van der Waals surface area contributed by atoms with Crippen molar-refractivity contribution in [3.63, 3.8) is 0 Å². The molecule has 1 aromatic rings. The highest BCUT2D eigenvalue weighted by molar-refractivity contribution is 5.81. The zero-order chi connectivity index (χ0) is 13.4.